The topological polar surface area (TPSA) is 0 Å². The van der Waals surface area contributed by atoms with Crippen molar-refractivity contribution in [3.05, 3.63) is 115 Å². The third-order valence-corrected chi connectivity index (χ3v) is 5.77. The maximum atomic E-state index is 3.97. The standard InChI is InChI=1S/C30H26/c1-6-21-18-25-16-17-29-27(10-9-11-28(29)30(25)19-22(21)7-2)24-14-12-23(13-15-24)26(8-3)20(4)5/h6-19H,1-3H2,4-5H3. The van der Waals surface area contributed by atoms with E-state index in [1.54, 1.807) is 0 Å². The van der Waals surface area contributed by atoms with E-state index in [0.717, 1.165) is 11.1 Å². The van der Waals surface area contributed by atoms with Crippen LogP contribution in [-0.4, -0.2) is 0 Å². The molecule has 30 heavy (non-hydrogen) atoms. The van der Waals surface area contributed by atoms with Crippen LogP contribution in [0.1, 0.15) is 30.5 Å². The van der Waals surface area contributed by atoms with E-state index in [2.05, 4.69) is 100 Å². The third-order valence-electron chi connectivity index (χ3n) is 5.77. The molecule has 0 heterocycles. The molecule has 0 saturated heterocycles. The molecule has 0 aliphatic heterocycles. The van der Waals surface area contributed by atoms with E-state index in [0.29, 0.717) is 0 Å². The van der Waals surface area contributed by atoms with Crippen LogP contribution in [0.3, 0.4) is 0 Å². The maximum absolute atomic E-state index is 3.97. The monoisotopic (exact) mass is 386 g/mol. The largest absolute Gasteiger partial charge is 0.0985 e. The van der Waals surface area contributed by atoms with Gasteiger partial charge in [-0.15, -0.1) is 0 Å². The molecule has 0 bridgehead atoms. The Morgan fingerprint density at radius 3 is 2.03 bits per heavy atom. The predicted molar refractivity (Wildman–Crippen MR) is 136 cm³/mol. The fourth-order valence-electron chi connectivity index (χ4n) is 4.22. The third kappa shape index (κ3) is 3.31. The highest BCUT2D eigenvalue weighted by atomic mass is 14.1. The van der Waals surface area contributed by atoms with E-state index in [9.17, 15) is 0 Å². The van der Waals surface area contributed by atoms with Crippen LogP contribution in [0, 0.1) is 0 Å². The zero-order chi connectivity index (χ0) is 21.3. The summed E-state index contributed by atoms with van der Waals surface area (Å²) in [5.41, 5.74) is 8.34. The molecule has 0 amide bonds. The molecule has 0 spiro atoms. The molecule has 0 heteroatoms. The molecule has 4 rings (SSSR count). The molecule has 0 fully saturated rings. The quantitative estimate of drug-likeness (QED) is 0.237. The van der Waals surface area contributed by atoms with Crippen LogP contribution in [0.15, 0.2) is 98.1 Å². The van der Waals surface area contributed by atoms with Crippen molar-refractivity contribution >= 4 is 39.3 Å². The van der Waals surface area contributed by atoms with Gasteiger partial charge in [0.05, 0.1) is 0 Å². The molecule has 0 aromatic heterocycles. The first-order chi connectivity index (χ1) is 14.6. The number of hydrogen-bond donors (Lipinski definition) is 0. The van der Waals surface area contributed by atoms with Gasteiger partial charge < -0.3 is 0 Å². The Hall–Kier alpha value is -3.64. The lowest BCUT2D eigenvalue weighted by atomic mass is 9.91. The van der Waals surface area contributed by atoms with Crippen LogP contribution in [0.5, 0.6) is 0 Å². The van der Waals surface area contributed by atoms with E-state index < -0.39 is 0 Å². The van der Waals surface area contributed by atoms with Crippen LogP contribution in [0.4, 0.5) is 0 Å². The molecule has 0 saturated carbocycles. The van der Waals surface area contributed by atoms with Gasteiger partial charge in [-0.2, -0.15) is 0 Å². The van der Waals surface area contributed by atoms with Gasteiger partial charge in [-0.05, 0) is 80.9 Å². The number of fused-ring (bicyclic) bond motifs is 3. The fourth-order valence-corrected chi connectivity index (χ4v) is 4.22. The SMILES string of the molecule is C=CC(=C(C)C)c1ccc(-c2cccc3c2ccc2cc(C=C)c(C=C)cc23)cc1. The number of rotatable bonds is 5. The highest BCUT2D eigenvalue weighted by molar-refractivity contribution is 6.13. The molecule has 146 valence electrons. The van der Waals surface area contributed by atoms with Gasteiger partial charge in [0.15, 0.2) is 0 Å². The molecular weight excluding hydrogens is 360 g/mol. The van der Waals surface area contributed by atoms with Crippen molar-refractivity contribution < 1.29 is 0 Å². The van der Waals surface area contributed by atoms with Gasteiger partial charge in [0.1, 0.15) is 0 Å². The number of benzene rings is 4. The first-order valence-electron chi connectivity index (χ1n) is 10.2. The minimum atomic E-state index is 1.11. The van der Waals surface area contributed by atoms with Gasteiger partial charge in [-0.1, -0.05) is 98.1 Å². The average Bonchev–Trinajstić information content (AvgIpc) is 2.78. The molecule has 0 unspecified atom stereocenters. The van der Waals surface area contributed by atoms with Crippen LogP contribution in [0.2, 0.25) is 0 Å². The van der Waals surface area contributed by atoms with Crippen molar-refractivity contribution in [3.8, 4) is 11.1 Å². The summed E-state index contributed by atoms with van der Waals surface area (Å²) >= 11 is 0. The Morgan fingerprint density at radius 1 is 0.700 bits per heavy atom. The first-order valence-corrected chi connectivity index (χ1v) is 10.2. The highest BCUT2D eigenvalue weighted by Crippen LogP contribution is 2.35. The molecule has 4 aromatic rings. The Kier molecular flexibility index (Phi) is 5.25. The fraction of sp³-hybridized carbons (Fsp3) is 0.0667. The van der Waals surface area contributed by atoms with Crippen molar-refractivity contribution in [3.63, 3.8) is 0 Å². The minimum absolute atomic E-state index is 1.11. The van der Waals surface area contributed by atoms with Gasteiger partial charge >= 0.3 is 0 Å². The van der Waals surface area contributed by atoms with Gasteiger partial charge in [-0.25, -0.2) is 0 Å². The van der Waals surface area contributed by atoms with Gasteiger partial charge in [0.2, 0.25) is 0 Å². The summed E-state index contributed by atoms with van der Waals surface area (Å²) in [5.74, 6) is 0. The second-order valence-electron chi connectivity index (χ2n) is 7.77. The summed E-state index contributed by atoms with van der Waals surface area (Å²) in [5, 5.41) is 4.97. The summed E-state index contributed by atoms with van der Waals surface area (Å²) in [6.07, 6.45) is 5.73. The van der Waals surface area contributed by atoms with E-state index in [1.807, 2.05) is 18.2 Å². The van der Waals surface area contributed by atoms with Crippen LogP contribution in [-0.2, 0) is 0 Å². The smallest absolute Gasteiger partial charge is 0.00988 e. The summed E-state index contributed by atoms with van der Waals surface area (Å²) in [4.78, 5) is 0. The Morgan fingerprint density at radius 2 is 1.40 bits per heavy atom. The van der Waals surface area contributed by atoms with E-state index in [4.69, 9.17) is 0 Å². The van der Waals surface area contributed by atoms with Crippen LogP contribution in [0.25, 0.3) is 50.4 Å². The first kappa shape index (κ1) is 19.7. The normalized spacial score (nSPS) is 10.7. The van der Waals surface area contributed by atoms with Gasteiger partial charge in [0.25, 0.3) is 0 Å². The lowest BCUT2D eigenvalue weighted by molar-refractivity contribution is 1.39. The summed E-state index contributed by atoms with van der Waals surface area (Å²) in [6.45, 7) is 16.1. The van der Waals surface area contributed by atoms with Gasteiger partial charge in [-0.3, -0.25) is 0 Å². The molecule has 0 aliphatic carbocycles. The summed E-state index contributed by atoms with van der Waals surface area (Å²) in [7, 11) is 0. The zero-order valence-corrected chi connectivity index (χ0v) is 17.7. The van der Waals surface area contributed by atoms with E-state index in [-0.39, 0.29) is 0 Å². The maximum Gasteiger partial charge on any atom is -0.00988 e. The number of hydrogen-bond acceptors (Lipinski definition) is 0. The van der Waals surface area contributed by atoms with Gasteiger partial charge in [0, 0.05) is 0 Å². The average molecular weight is 387 g/mol. The molecule has 0 atom stereocenters. The van der Waals surface area contributed by atoms with Crippen molar-refractivity contribution in [2.75, 3.05) is 0 Å². The summed E-state index contributed by atoms with van der Waals surface area (Å²) in [6, 6.07) is 24.2. The lowest BCUT2D eigenvalue weighted by Gasteiger charge is -2.12. The van der Waals surface area contributed by atoms with E-state index in [1.165, 1.54) is 49.4 Å². The minimum Gasteiger partial charge on any atom is -0.0985 e. The molecule has 0 aliphatic rings. The van der Waals surface area contributed by atoms with Crippen LogP contribution >= 0.6 is 0 Å². The Bertz CT molecular complexity index is 1320. The van der Waals surface area contributed by atoms with Crippen LogP contribution < -0.4 is 0 Å². The Labute approximate surface area is 179 Å². The molecule has 4 aromatic carbocycles. The van der Waals surface area contributed by atoms with E-state index >= 15 is 0 Å². The van der Waals surface area contributed by atoms with Crippen molar-refractivity contribution in [2.24, 2.45) is 0 Å². The summed E-state index contributed by atoms with van der Waals surface area (Å²) < 4.78 is 0. The molecular formula is C30H26. The highest BCUT2D eigenvalue weighted by Gasteiger charge is 2.09. The lowest BCUT2D eigenvalue weighted by Crippen LogP contribution is -1.88. The number of allylic oxidation sites excluding steroid dienone is 3. The van der Waals surface area contributed by atoms with Crippen molar-refractivity contribution in [2.45, 2.75) is 13.8 Å². The predicted octanol–water partition coefficient (Wildman–Crippen LogP) is 8.93. The van der Waals surface area contributed by atoms with Crippen molar-refractivity contribution in [1.29, 1.82) is 0 Å². The second kappa shape index (κ2) is 8.00. The molecule has 0 nitrogen and oxygen atoms in total. The second-order valence-corrected chi connectivity index (χ2v) is 7.77. The molecule has 0 N–H and O–H groups in total. The van der Waals surface area contributed by atoms with Crippen molar-refractivity contribution in [1.82, 2.24) is 0 Å². The zero-order valence-electron chi connectivity index (χ0n) is 17.7. The Balaban J connectivity index is 1.91. The molecule has 0 radical (unpaired) electrons.